The highest BCUT2D eigenvalue weighted by Crippen LogP contribution is 2.35. The van der Waals surface area contributed by atoms with Crippen molar-refractivity contribution >= 4 is 28.4 Å². The first-order valence-corrected chi connectivity index (χ1v) is 12.9. The molecule has 0 radical (unpaired) electrons. The highest BCUT2D eigenvalue weighted by Gasteiger charge is 2.28. The molecular formula is C26H32N4OS. The third-order valence-electron chi connectivity index (χ3n) is 6.95. The Balaban J connectivity index is 1.44. The standard InChI is InChI=1S/C26H32N4OS/c1-19(25(31)29-16-7-8-17-29)32-26-28-27-24(30(26)22-13-3-2-4-14-22)18-21-12-9-11-20-10-5-6-15-23(20)21/h5-6,9-12,15,19,22H,2-4,7-8,13-14,16-18H2,1H3/t19-/m0/s1. The number of hydrogen-bond acceptors (Lipinski definition) is 4. The highest BCUT2D eigenvalue weighted by atomic mass is 32.2. The van der Waals surface area contributed by atoms with E-state index in [1.807, 2.05) is 11.8 Å². The van der Waals surface area contributed by atoms with Crippen LogP contribution in [0.4, 0.5) is 0 Å². The second-order valence-corrected chi connectivity index (χ2v) is 10.5. The van der Waals surface area contributed by atoms with Crippen LogP contribution in [0, 0.1) is 0 Å². The van der Waals surface area contributed by atoms with E-state index in [0.717, 1.165) is 43.3 Å². The Kier molecular flexibility index (Phi) is 6.49. The Morgan fingerprint density at radius 1 is 1.00 bits per heavy atom. The van der Waals surface area contributed by atoms with Crippen LogP contribution >= 0.6 is 11.8 Å². The second kappa shape index (κ2) is 9.65. The maximum atomic E-state index is 12.9. The molecule has 1 atom stereocenters. The molecule has 2 heterocycles. The van der Waals surface area contributed by atoms with Crippen LogP contribution in [-0.4, -0.2) is 43.9 Å². The Morgan fingerprint density at radius 3 is 2.56 bits per heavy atom. The fourth-order valence-electron chi connectivity index (χ4n) is 5.23. The summed E-state index contributed by atoms with van der Waals surface area (Å²) in [4.78, 5) is 14.9. The summed E-state index contributed by atoms with van der Waals surface area (Å²) in [5.74, 6) is 1.26. The van der Waals surface area contributed by atoms with Gasteiger partial charge in [0.2, 0.25) is 5.91 Å². The van der Waals surface area contributed by atoms with E-state index in [2.05, 4.69) is 57.2 Å². The first kappa shape index (κ1) is 21.5. The molecule has 5 nitrogen and oxygen atoms in total. The fraction of sp³-hybridized carbons (Fsp3) is 0.500. The van der Waals surface area contributed by atoms with Crippen LogP contribution in [0.5, 0.6) is 0 Å². The van der Waals surface area contributed by atoms with Gasteiger partial charge in [0.1, 0.15) is 5.82 Å². The van der Waals surface area contributed by atoms with Gasteiger partial charge >= 0.3 is 0 Å². The van der Waals surface area contributed by atoms with Gasteiger partial charge in [0, 0.05) is 25.6 Å². The second-order valence-electron chi connectivity index (χ2n) is 9.17. The number of fused-ring (bicyclic) bond motifs is 1. The highest BCUT2D eigenvalue weighted by molar-refractivity contribution is 8.00. The van der Waals surface area contributed by atoms with Crippen molar-refractivity contribution < 1.29 is 4.79 Å². The van der Waals surface area contributed by atoms with Crippen molar-refractivity contribution in [2.45, 2.75) is 74.7 Å². The molecule has 1 aromatic heterocycles. The van der Waals surface area contributed by atoms with Crippen LogP contribution in [0.25, 0.3) is 10.8 Å². The molecule has 1 saturated heterocycles. The molecule has 1 amide bonds. The summed E-state index contributed by atoms with van der Waals surface area (Å²) in [6.07, 6.45) is 9.16. The SMILES string of the molecule is C[C@H](Sc1nnc(Cc2cccc3ccccc23)n1C1CCCCC1)C(=O)N1CCCC1. The van der Waals surface area contributed by atoms with Crippen molar-refractivity contribution in [2.24, 2.45) is 0 Å². The van der Waals surface area contributed by atoms with E-state index in [0.29, 0.717) is 6.04 Å². The molecule has 2 fully saturated rings. The Hall–Kier alpha value is -2.34. The Bertz CT molecular complexity index is 1080. The summed E-state index contributed by atoms with van der Waals surface area (Å²) >= 11 is 1.59. The van der Waals surface area contributed by atoms with E-state index in [1.54, 1.807) is 11.8 Å². The van der Waals surface area contributed by atoms with Crippen molar-refractivity contribution in [2.75, 3.05) is 13.1 Å². The van der Waals surface area contributed by atoms with Crippen LogP contribution in [-0.2, 0) is 11.2 Å². The van der Waals surface area contributed by atoms with Crippen LogP contribution < -0.4 is 0 Å². The number of hydrogen-bond donors (Lipinski definition) is 0. The lowest BCUT2D eigenvalue weighted by molar-refractivity contribution is -0.129. The number of benzene rings is 2. The van der Waals surface area contributed by atoms with E-state index in [1.165, 1.54) is 48.4 Å². The summed E-state index contributed by atoms with van der Waals surface area (Å²) in [5.41, 5.74) is 1.28. The van der Waals surface area contributed by atoms with Gasteiger partial charge in [0.05, 0.1) is 5.25 Å². The average Bonchev–Trinajstić information content (AvgIpc) is 3.50. The van der Waals surface area contributed by atoms with Gasteiger partial charge in [-0.15, -0.1) is 10.2 Å². The molecule has 3 aromatic rings. The van der Waals surface area contributed by atoms with Gasteiger partial charge in [-0.3, -0.25) is 4.79 Å². The van der Waals surface area contributed by atoms with Gasteiger partial charge in [-0.25, -0.2) is 0 Å². The number of thioether (sulfide) groups is 1. The topological polar surface area (TPSA) is 51.0 Å². The minimum Gasteiger partial charge on any atom is -0.342 e. The van der Waals surface area contributed by atoms with E-state index in [9.17, 15) is 4.79 Å². The van der Waals surface area contributed by atoms with Gasteiger partial charge < -0.3 is 9.47 Å². The molecule has 168 valence electrons. The maximum absolute atomic E-state index is 12.9. The third-order valence-corrected chi connectivity index (χ3v) is 8.00. The number of amides is 1. The summed E-state index contributed by atoms with van der Waals surface area (Å²) in [5, 5.41) is 12.6. The summed E-state index contributed by atoms with van der Waals surface area (Å²) in [7, 11) is 0. The van der Waals surface area contributed by atoms with Crippen molar-refractivity contribution in [1.82, 2.24) is 19.7 Å². The number of rotatable bonds is 6. The minimum atomic E-state index is -0.134. The van der Waals surface area contributed by atoms with Crippen molar-refractivity contribution in [3.63, 3.8) is 0 Å². The Morgan fingerprint density at radius 2 is 1.75 bits per heavy atom. The zero-order valence-corrected chi connectivity index (χ0v) is 19.7. The molecule has 0 unspecified atom stereocenters. The number of carbonyl (C=O) groups excluding carboxylic acids is 1. The van der Waals surface area contributed by atoms with E-state index in [4.69, 9.17) is 0 Å². The quantitative estimate of drug-likeness (QED) is 0.459. The summed E-state index contributed by atoms with van der Waals surface area (Å²) in [6.45, 7) is 3.81. The molecule has 0 bridgehead atoms. The first-order valence-electron chi connectivity index (χ1n) is 12.1. The van der Waals surface area contributed by atoms with E-state index < -0.39 is 0 Å². The molecule has 5 rings (SSSR count). The van der Waals surface area contributed by atoms with Gasteiger partial charge in [0.25, 0.3) is 0 Å². The van der Waals surface area contributed by atoms with Gasteiger partial charge in [-0.1, -0.05) is 73.5 Å². The largest absolute Gasteiger partial charge is 0.342 e. The van der Waals surface area contributed by atoms with Gasteiger partial charge in [-0.05, 0) is 48.9 Å². The smallest absolute Gasteiger partial charge is 0.235 e. The van der Waals surface area contributed by atoms with Gasteiger partial charge in [0.15, 0.2) is 5.16 Å². The maximum Gasteiger partial charge on any atom is 0.235 e. The molecule has 1 saturated carbocycles. The van der Waals surface area contributed by atoms with Crippen LogP contribution in [0.3, 0.4) is 0 Å². The molecule has 2 aliphatic rings. The predicted octanol–water partition coefficient (Wildman–Crippen LogP) is 5.63. The normalized spacial score (nSPS) is 18.3. The van der Waals surface area contributed by atoms with Crippen LogP contribution in [0.2, 0.25) is 0 Å². The zero-order chi connectivity index (χ0) is 21.9. The lowest BCUT2D eigenvalue weighted by Gasteiger charge is -2.26. The summed E-state index contributed by atoms with van der Waals surface area (Å²) in [6, 6.07) is 15.5. The molecule has 0 N–H and O–H groups in total. The number of nitrogens with zero attached hydrogens (tertiary/aromatic N) is 4. The van der Waals surface area contributed by atoms with Gasteiger partial charge in [-0.2, -0.15) is 0 Å². The van der Waals surface area contributed by atoms with Crippen molar-refractivity contribution in [1.29, 1.82) is 0 Å². The average molecular weight is 449 g/mol. The zero-order valence-electron chi connectivity index (χ0n) is 18.9. The Labute approximate surface area is 194 Å². The predicted molar refractivity (Wildman–Crippen MR) is 130 cm³/mol. The van der Waals surface area contributed by atoms with Crippen molar-refractivity contribution in [3.05, 3.63) is 53.9 Å². The third kappa shape index (κ3) is 4.42. The number of carbonyl (C=O) groups is 1. The van der Waals surface area contributed by atoms with Crippen LogP contribution in [0.15, 0.2) is 47.6 Å². The minimum absolute atomic E-state index is 0.134. The molecular weight excluding hydrogens is 416 g/mol. The molecule has 2 aromatic carbocycles. The molecule has 1 aliphatic heterocycles. The molecule has 1 aliphatic carbocycles. The lowest BCUT2D eigenvalue weighted by atomic mass is 9.95. The van der Waals surface area contributed by atoms with E-state index in [-0.39, 0.29) is 11.2 Å². The fourth-order valence-corrected chi connectivity index (χ4v) is 6.26. The van der Waals surface area contributed by atoms with Crippen LogP contribution in [0.1, 0.15) is 69.3 Å². The lowest BCUT2D eigenvalue weighted by Crippen LogP contribution is -2.34. The molecule has 32 heavy (non-hydrogen) atoms. The number of aromatic nitrogens is 3. The summed E-state index contributed by atoms with van der Waals surface area (Å²) < 4.78 is 2.37. The van der Waals surface area contributed by atoms with Crippen molar-refractivity contribution in [3.8, 4) is 0 Å². The molecule has 6 heteroatoms. The first-order chi connectivity index (χ1) is 15.7. The molecule has 0 spiro atoms. The van der Waals surface area contributed by atoms with E-state index >= 15 is 0 Å². The number of likely N-dealkylation sites (tertiary alicyclic amines) is 1. The monoisotopic (exact) mass is 448 g/mol.